The van der Waals surface area contributed by atoms with Gasteiger partial charge in [0.05, 0.1) is 4.92 Å². The van der Waals surface area contributed by atoms with Crippen LogP contribution in [0.3, 0.4) is 0 Å². The number of nitro groups is 1. The minimum absolute atomic E-state index is 0.0696. The Hall–Kier alpha value is -1.42. The van der Waals surface area contributed by atoms with E-state index in [0.29, 0.717) is 0 Å². The molecule has 0 spiro atoms. The average Bonchev–Trinajstić information content (AvgIpc) is 2.63. The van der Waals surface area contributed by atoms with E-state index in [1.54, 1.807) is 12.1 Å². The largest absolute Gasteiger partial charge is 0.310 e. The molecule has 1 aromatic rings. The third-order valence-corrected chi connectivity index (χ3v) is 4.84. The quantitative estimate of drug-likeness (QED) is 0.222. The summed E-state index contributed by atoms with van der Waals surface area (Å²) < 4.78 is 0. The Labute approximate surface area is 153 Å². The summed E-state index contributed by atoms with van der Waals surface area (Å²) in [4.78, 5) is 10.9. The van der Waals surface area contributed by atoms with Gasteiger partial charge in [-0.1, -0.05) is 89.8 Å². The molecule has 0 bridgehead atoms. The van der Waals surface area contributed by atoms with Crippen LogP contribution in [0.5, 0.6) is 0 Å². The van der Waals surface area contributed by atoms with Gasteiger partial charge in [0.2, 0.25) is 0 Å². The summed E-state index contributed by atoms with van der Waals surface area (Å²) in [5.74, 6) is 0. The van der Waals surface area contributed by atoms with Crippen LogP contribution in [0.4, 0.5) is 5.69 Å². The second-order valence-corrected chi connectivity index (χ2v) is 6.91. The molecule has 0 aliphatic carbocycles. The van der Waals surface area contributed by atoms with Crippen LogP contribution in [0.15, 0.2) is 24.3 Å². The summed E-state index contributed by atoms with van der Waals surface area (Å²) in [7, 11) is 0. The number of nitro benzene ring substituents is 1. The molecule has 0 aromatic heterocycles. The minimum atomic E-state index is -0.278. The van der Waals surface area contributed by atoms with E-state index in [4.69, 9.17) is 0 Å². The molecule has 0 saturated heterocycles. The van der Waals surface area contributed by atoms with Gasteiger partial charge in [-0.25, -0.2) is 0 Å². The highest BCUT2D eigenvalue weighted by molar-refractivity contribution is 5.41. The van der Waals surface area contributed by atoms with Crippen LogP contribution >= 0.6 is 0 Å². The fourth-order valence-electron chi connectivity index (χ4n) is 3.31. The normalized spacial score (nSPS) is 12.2. The molecule has 1 rings (SSSR count). The van der Waals surface area contributed by atoms with Crippen LogP contribution in [0.2, 0.25) is 0 Å². The van der Waals surface area contributed by atoms with Gasteiger partial charge in [0, 0.05) is 17.7 Å². The lowest BCUT2D eigenvalue weighted by molar-refractivity contribution is -0.385. The van der Waals surface area contributed by atoms with E-state index in [9.17, 15) is 10.1 Å². The predicted molar refractivity (Wildman–Crippen MR) is 106 cm³/mol. The summed E-state index contributed by atoms with van der Waals surface area (Å²) in [6.45, 7) is 5.26. The molecule has 25 heavy (non-hydrogen) atoms. The molecule has 0 amide bonds. The van der Waals surface area contributed by atoms with Crippen molar-refractivity contribution < 1.29 is 4.92 Å². The molecule has 0 fully saturated rings. The molecule has 0 aliphatic rings. The zero-order valence-corrected chi connectivity index (χ0v) is 16.1. The van der Waals surface area contributed by atoms with E-state index in [1.165, 1.54) is 57.8 Å². The summed E-state index contributed by atoms with van der Waals surface area (Å²) in [5, 5.41) is 14.7. The third kappa shape index (κ3) is 9.01. The van der Waals surface area contributed by atoms with Crippen molar-refractivity contribution in [3.8, 4) is 0 Å². The number of benzene rings is 1. The molecular formula is C21H36N2O2. The Balaban J connectivity index is 2.17. The van der Waals surface area contributed by atoms with Crippen LogP contribution in [0, 0.1) is 10.1 Å². The topological polar surface area (TPSA) is 55.2 Å². The summed E-state index contributed by atoms with van der Waals surface area (Å²) in [6, 6.07) is 7.15. The number of nitrogens with zero attached hydrogens (tertiary/aromatic N) is 1. The van der Waals surface area contributed by atoms with Gasteiger partial charge in [-0.2, -0.15) is 0 Å². The van der Waals surface area contributed by atoms with Crippen molar-refractivity contribution in [1.29, 1.82) is 0 Å². The average molecular weight is 349 g/mol. The Bertz CT molecular complexity index is 477. The van der Waals surface area contributed by atoms with Gasteiger partial charge in [0.1, 0.15) is 0 Å². The highest BCUT2D eigenvalue weighted by Gasteiger charge is 2.19. The summed E-state index contributed by atoms with van der Waals surface area (Å²) >= 11 is 0. The van der Waals surface area contributed by atoms with Crippen LogP contribution in [-0.2, 0) is 0 Å². The van der Waals surface area contributed by atoms with E-state index in [-0.39, 0.29) is 16.7 Å². The van der Waals surface area contributed by atoms with Crippen LogP contribution in [0.1, 0.15) is 96.1 Å². The molecule has 142 valence electrons. The number of para-hydroxylation sites is 1. The summed E-state index contributed by atoms with van der Waals surface area (Å²) in [6.07, 6.45) is 14.1. The predicted octanol–water partition coefficient (Wildman–Crippen LogP) is 6.56. The standard InChI is InChI=1S/C21H36N2O2/c1-3-5-6-7-8-9-10-11-12-15-18-22-20(4-2)19-16-13-14-17-21(19)23(24)25/h13-14,16-17,20,22H,3-12,15,18H2,1-2H3. The lowest BCUT2D eigenvalue weighted by Gasteiger charge is -2.17. The van der Waals surface area contributed by atoms with Crippen LogP contribution in [-0.4, -0.2) is 11.5 Å². The van der Waals surface area contributed by atoms with E-state index in [1.807, 2.05) is 12.1 Å². The zero-order valence-electron chi connectivity index (χ0n) is 16.1. The van der Waals surface area contributed by atoms with E-state index >= 15 is 0 Å². The number of hydrogen-bond acceptors (Lipinski definition) is 3. The van der Waals surface area contributed by atoms with E-state index < -0.39 is 0 Å². The van der Waals surface area contributed by atoms with Gasteiger partial charge in [0.15, 0.2) is 0 Å². The molecule has 4 heteroatoms. The smallest absolute Gasteiger partial charge is 0.274 e. The molecule has 0 heterocycles. The van der Waals surface area contributed by atoms with Crippen molar-refractivity contribution in [3.63, 3.8) is 0 Å². The molecule has 0 saturated carbocycles. The maximum absolute atomic E-state index is 11.2. The number of hydrogen-bond donors (Lipinski definition) is 1. The molecule has 1 N–H and O–H groups in total. The van der Waals surface area contributed by atoms with Crippen LogP contribution < -0.4 is 5.32 Å². The first-order valence-corrected chi connectivity index (χ1v) is 10.2. The van der Waals surface area contributed by atoms with Gasteiger partial charge in [0.25, 0.3) is 5.69 Å². The molecule has 1 unspecified atom stereocenters. The Morgan fingerprint density at radius 1 is 0.920 bits per heavy atom. The highest BCUT2D eigenvalue weighted by atomic mass is 16.6. The van der Waals surface area contributed by atoms with Gasteiger partial charge in [-0.3, -0.25) is 10.1 Å². The first-order valence-electron chi connectivity index (χ1n) is 10.2. The first-order chi connectivity index (χ1) is 12.2. The molecule has 1 aromatic carbocycles. The Kier molecular flexibility index (Phi) is 12.0. The molecule has 4 nitrogen and oxygen atoms in total. The van der Waals surface area contributed by atoms with Gasteiger partial charge < -0.3 is 5.32 Å². The Morgan fingerprint density at radius 2 is 1.48 bits per heavy atom. The second kappa shape index (κ2) is 13.8. The zero-order chi connectivity index (χ0) is 18.3. The maximum Gasteiger partial charge on any atom is 0.274 e. The van der Waals surface area contributed by atoms with E-state index in [2.05, 4.69) is 19.2 Å². The fraction of sp³-hybridized carbons (Fsp3) is 0.714. The number of unbranched alkanes of at least 4 members (excludes halogenated alkanes) is 9. The molecule has 0 radical (unpaired) electrons. The van der Waals surface area contributed by atoms with Crippen molar-refractivity contribution >= 4 is 5.69 Å². The van der Waals surface area contributed by atoms with Gasteiger partial charge in [-0.05, 0) is 19.4 Å². The number of rotatable bonds is 15. The fourth-order valence-corrected chi connectivity index (χ4v) is 3.31. The summed E-state index contributed by atoms with van der Waals surface area (Å²) in [5.41, 5.74) is 1.03. The third-order valence-electron chi connectivity index (χ3n) is 4.84. The van der Waals surface area contributed by atoms with Crippen molar-refractivity contribution in [1.82, 2.24) is 5.32 Å². The first kappa shape index (κ1) is 21.6. The van der Waals surface area contributed by atoms with Crippen molar-refractivity contribution in [2.75, 3.05) is 6.54 Å². The molecular weight excluding hydrogens is 312 g/mol. The molecule has 1 atom stereocenters. The monoisotopic (exact) mass is 348 g/mol. The molecule has 0 aliphatic heterocycles. The van der Waals surface area contributed by atoms with E-state index in [0.717, 1.165) is 24.9 Å². The van der Waals surface area contributed by atoms with Crippen molar-refractivity contribution in [2.45, 2.75) is 90.5 Å². The van der Waals surface area contributed by atoms with Gasteiger partial charge >= 0.3 is 0 Å². The Morgan fingerprint density at radius 3 is 2.04 bits per heavy atom. The lowest BCUT2D eigenvalue weighted by Crippen LogP contribution is -2.22. The SMILES string of the molecule is CCCCCCCCCCCCNC(CC)c1ccccc1[N+](=O)[O-]. The van der Waals surface area contributed by atoms with Crippen molar-refractivity contribution in [3.05, 3.63) is 39.9 Å². The second-order valence-electron chi connectivity index (χ2n) is 6.91. The van der Waals surface area contributed by atoms with Gasteiger partial charge in [-0.15, -0.1) is 0 Å². The maximum atomic E-state index is 11.2. The number of nitrogens with one attached hydrogen (secondary N) is 1. The highest BCUT2D eigenvalue weighted by Crippen LogP contribution is 2.26. The van der Waals surface area contributed by atoms with Crippen LogP contribution in [0.25, 0.3) is 0 Å². The lowest BCUT2D eigenvalue weighted by atomic mass is 10.0. The minimum Gasteiger partial charge on any atom is -0.310 e. The van der Waals surface area contributed by atoms with Crippen molar-refractivity contribution in [2.24, 2.45) is 0 Å².